The number of carbonyl (C=O) groups is 1. The molecule has 1 aromatic heterocycles. The number of piperazine rings is 1. The fourth-order valence-electron chi connectivity index (χ4n) is 5.88. The van der Waals surface area contributed by atoms with Crippen molar-refractivity contribution < 1.29 is 4.79 Å². The molecule has 2 heterocycles. The number of aryl methyl sites for hydroxylation is 3. The standard InChI is InChI=1S/C35H37N3O/c1-25-26(2)36-34-16-12-29(24-33(25)34)22-28-10-14-31(15-11-28)35(39)38-20-18-37(19-21-38)17-5-6-27-9-13-30-7-3-4-8-32(30)23-27/h3-4,7-16,23-24,36H,5-6,17-22H2,1-2H3. The lowest BCUT2D eigenvalue weighted by Gasteiger charge is -2.34. The molecule has 1 N–H and O–H groups in total. The molecule has 0 bridgehead atoms. The predicted octanol–water partition coefficient (Wildman–Crippen LogP) is 6.92. The van der Waals surface area contributed by atoms with Crippen molar-refractivity contribution in [2.75, 3.05) is 32.7 Å². The summed E-state index contributed by atoms with van der Waals surface area (Å²) in [6.45, 7) is 8.86. The summed E-state index contributed by atoms with van der Waals surface area (Å²) in [6.07, 6.45) is 3.10. The first-order valence-corrected chi connectivity index (χ1v) is 14.2. The normalized spacial score (nSPS) is 14.4. The number of fused-ring (bicyclic) bond motifs is 2. The van der Waals surface area contributed by atoms with Crippen molar-refractivity contribution in [2.45, 2.75) is 33.1 Å². The van der Waals surface area contributed by atoms with Crippen LogP contribution in [0.5, 0.6) is 0 Å². The fourth-order valence-corrected chi connectivity index (χ4v) is 5.88. The van der Waals surface area contributed by atoms with Crippen LogP contribution in [-0.2, 0) is 12.8 Å². The zero-order chi connectivity index (χ0) is 26.8. The molecule has 4 aromatic carbocycles. The van der Waals surface area contributed by atoms with E-state index in [4.69, 9.17) is 0 Å². The first-order valence-electron chi connectivity index (χ1n) is 14.2. The summed E-state index contributed by atoms with van der Waals surface area (Å²) in [7, 11) is 0. The minimum atomic E-state index is 0.150. The van der Waals surface area contributed by atoms with Gasteiger partial charge in [-0.05, 0) is 96.9 Å². The first-order chi connectivity index (χ1) is 19.0. The van der Waals surface area contributed by atoms with E-state index in [1.807, 2.05) is 17.0 Å². The molecule has 0 unspecified atom stereocenters. The molecule has 39 heavy (non-hydrogen) atoms. The van der Waals surface area contributed by atoms with Crippen LogP contribution < -0.4 is 0 Å². The molecule has 1 saturated heterocycles. The second-order valence-corrected chi connectivity index (χ2v) is 11.0. The minimum Gasteiger partial charge on any atom is -0.358 e. The molecule has 0 atom stereocenters. The van der Waals surface area contributed by atoms with Crippen molar-refractivity contribution in [1.82, 2.24) is 14.8 Å². The monoisotopic (exact) mass is 515 g/mol. The smallest absolute Gasteiger partial charge is 0.253 e. The molecule has 1 fully saturated rings. The lowest BCUT2D eigenvalue weighted by atomic mass is 10.0. The predicted molar refractivity (Wildman–Crippen MR) is 162 cm³/mol. The number of carbonyl (C=O) groups excluding carboxylic acids is 1. The van der Waals surface area contributed by atoms with Crippen molar-refractivity contribution in [3.63, 3.8) is 0 Å². The van der Waals surface area contributed by atoms with Crippen LogP contribution in [0.4, 0.5) is 0 Å². The highest BCUT2D eigenvalue weighted by atomic mass is 16.2. The number of benzene rings is 4. The SMILES string of the molecule is Cc1[nH]c2ccc(Cc3ccc(C(=O)N4CCN(CCCc5ccc6ccccc6c5)CC4)cc3)cc2c1C. The number of nitrogens with zero attached hydrogens (tertiary/aromatic N) is 2. The van der Waals surface area contributed by atoms with E-state index in [1.165, 1.54) is 49.6 Å². The van der Waals surface area contributed by atoms with E-state index < -0.39 is 0 Å². The van der Waals surface area contributed by atoms with Crippen molar-refractivity contribution in [1.29, 1.82) is 0 Å². The van der Waals surface area contributed by atoms with E-state index in [1.54, 1.807) is 0 Å². The molecule has 4 nitrogen and oxygen atoms in total. The highest BCUT2D eigenvalue weighted by molar-refractivity contribution is 5.94. The lowest BCUT2D eigenvalue weighted by molar-refractivity contribution is 0.0636. The summed E-state index contributed by atoms with van der Waals surface area (Å²) in [5.74, 6) is 0.150. The molecular formula is C35H37N3O. The van der Waals surface area contributed by atoms with Gasteiger partial charge >= 0.3 is 0 Å². The largest absolute Gasteiger partial charge is 0.358 e. The number of hydrogen-bond donors (Lipinski definition) is 1. The molecule has 6 rings (SSSR count). The molecule has 0 radical (unpaired) electrons. The van der Waals surface area contributed by atoms with E-state index >= 15 is 0 Å². The Hall–Kier alpha value is -3.89. The molecule has 0 saturated carbocycles. The molecule has 1 amide bonds. The van der Waals surface area contributed by atoms with Gasteiger partial charge in [-0.15, -0.1) is 0 Å². The van der Waals surface area contributed by atoms with Gasteiger partial charge in [0, 0.05) is 48.3 Å². The molecule has 198 valence electrons. The highest BCUT2D eigenvalue weighted by Gasteiger charge is 2.22. The average Bonchev–Trinajstić information content (AvgIpc) is 3.26. The van der Waals surface area contributed by atoms with E-state index in [9.17, 15) is 4.79 Å². The topological polar surface area (TPSA) is 39.3 Å². The molecule has 5 aromatic rings. The quantitative estimate of drug-likeness (QED) is 0.256. The summed E-state index contributed by atoms with van der Waals surface area (Å²) in [6, 6.07) is 30.2. The van der Waals surface area contributed by atoms with Crippen LogP contribution in [-0.4, -0.2) is 53.4 Å². The lowest BCUT2D eigenvalue weighted by Crippen LogP contribution is -2.48. The maximum atomic E-state index is 13.2. The summed E-state index contributed by atoms with van der Waals surface area (Å²) < 4.78 is 0. The van der Waals surface area contributed by atoms with Gasteiger partial charge in [0.1, 0.15) is 0 Å². The van der Waals surface area contributed by atoms with Gasteiger partial charge in [0.2, 0.25) is 0 Å². The molecule has 0 aliphatic carbocycles. The van der Waals surface area contributed by atoms with E-state index in [2.05, 4.69) is 96.5 Å². The number of aromatic nitrogens is 1. The number of aromatic amines is 1. The van der Waals surface area contributed by atoms with Gasteiger partial charge in [-0.1, -0.05) is 60.7 Å². The highest BCUT2D eigenvalue weighted by Crippen LogP contribution is 2.24. The fraction of sp³-hybridized carbons (Fsp3) is 0.286. The molecule has 1 aliphatic heterocycles. The van der Waals surface area contributed by atoms with Gasteiger partial charge in [-0.3, -0.25) is 9.69 Å². The molecular weight excluding hydrogens is 478 g/mol. The van der Waals surface area contributed by atoms with Gasteiger partial charge in [0.15, 0.2) is 0 Å². The Balaban J connectivity index is 0.984. The number of rotatable bonds is 7. The van der Waals surface area contributed by atoms with Gasteiger partial charge in [0.05, 0.1) is 0 Å². The van der Waals surface area contributed by atoms with E-state index in [-0.39, 0.29) is 5.91 Å². The maximum Gasteiger partial charge on any atom is 0.253 e. The Kier molecular flexibility index (Phi) is 7.21. The average molecular weight is 516 g/mol. The van der Waals surface area contributed by atoms with Crippen LogP contribution in [0, 0.1) is 13.8 Å². The third kappa shape index (κ3) is 5.62. The number of hydrogen-bond acceptors (Lipinski definition) is 2. The Morgan fingerprint density at radius 2 is 1.49 bits per heavy atom. The molecule has 1 aliphatic rings. The zero-order valence-electron chi connectivity index (χ0n) is 23.0. The van der Waals surface area contributed by atoms with Crippen molar-refractivity contribution in [2.24, 2.45) is 0 Å². The third-order valence-corrected chi connectivity index (χ3v) is 8.39. The summed E-state index contributed by atoms with van der Waals surface area (Å²) in [4.78, 5) is 21.1. The number of amides is 1. The van der Waals surface area contributed by atoms with Crippen molar-refractivity contribution >= 4 is 27.6 Å². The van der Waals surface area contributed by atoms with E-state index in [0.29, 0.717) is 0 Å². The zero-order valence-corrected chi connectivity index (χ0v) is 23.0. The van der Waals surface area contributed by atoms with Crippen molar-refractivity contribution in [3.8, 4) is 0 Å². The number of H-pyrrole nitrogens is 1. The van der Waals surface area contributed by atoms with Gasteiger partial charge < -0.3 is 9.88 Å². The Morgan fingerprint density at radius 3 is 2.28 bits per heavy atom. The van der Waals surface area contributed by atoms with Crippen LogP contribution in [0.1, 0.15) is 44.7 Å². The second-order valence-electron chi connectivity index (χ2n) is 11.0. The van der Waals surface area contributed by atoms with Crippen LogP contribution in [0.25, 0.3) is 21.7 Å². The first kappa shape index (κ1) is 25.4. The second kappa shape index (κ2) is 11.1. The molecule has 0 spiro atoms. The van der Waals surface area contributed by atoms with Gasteiger partial charge in [0.25, 0.3) is 5.91 Å². The molecule has 4 heteroatoms. The van der Waals surface area contributed by atoms with Gasteiger partial charge in [-0.25, -0.2) is 0 Å². The van der Waals surface area contributed by atoms with Crippen LogP contribution in [0.15, 0.2) is 84.9 Å². The Labute approximate surface area is 231 Å². The third-order valence-electron chi connectivity index (χ3n) is 8.39. The summed E-state index contributed by atoms with van der Waals surface area (Å²) in [5, 5.41) is 3.92. The van der Waals surface area contributed by atoms with Crippen LogP contribution in [0.2, 0.25) is 0 Å². The van der Waals surface area contributed by atoms with Crippen LogP contribution in [0.3, 0.4) is 0 Å². The summed E-state index contributed by atoms with van der Waals surface area (Å²) in [5.41, 5.74) is 8.45. The van der Waals surface area contributed by atoms with Gasteiger partial charge in [-0.2, -0.15) is 0 Å². The number of nitrogens with one attached hydrogen (secondary N) is 1. The van der Waals surface area contributed by atoms with E-state index in [0.717, 1.165) is 57.5 Å². The van der Waals surface area contributed by atoms with Crippen LogP contribution >= 0.6 is 0 Å². The Morgan fingerprint density at radius 1 is 0.769 bits per heavy atom. The Bertz CT molecular complexity index is 1610. The minimum absolute atomic E-state index is 0.150. The van der Waals surface area contributed by atoms with Crippen molar-refractivity contribution in [3.05, 3.63) is 118 Å². The summed E-state index contributed by atoms with van der Waals surface area (Å²) >= 11 is 0. The maximum absolute atomic E-state index is 13.2.